The monoisotopic (exact) mass is 404 g/mol. The lowest BCUT2D eigenvalue weighted by Gasteiger charge is -2.20. The minimum absolute atomic E-state index is 0.907. The topological polar surface area (TPSA) is 9.23 Å². The van der Waals surface area contributed by atoms with Crippen LogP contribution in [-0.4, -0.2) is 4.43 Å². The molecule has 2 aromatic carbocycles. The fraction of sp³-hybridized carbons (Fsp3) is 0. The van der Waals surface area contributed by atoms with Gasteiger partial charge in [-0.15, -0.1) is 0 Å². The standard InChI is InChI=1S/C12H10BrIOSi/c13-16(14,12-9-5-2-6-10-12)15-11-7-3-1-4-8-11/h1-10H. The minimum atomic E-state index is -2.04. The molecule has 0 N–H and O–H groups in total. The van der Waals surface area contributed by atoms with Crippen LogP contribution in [0.4, 0.5) is 0 Å². The van der Waals surface area contributed by atoms with E-state index < -0.39 is 4.43 Å². The summed E-state index contributed by atoms with van der Waals surface area (Å²) in [6, 6.07) is 20.2. The van der Waals surface area contributed by atoms with Gasteiger partial charge in [0.2, 0.25) is 0 Å². The normalized spacial score (nSPS) is 14.1. The van der Waals surface area contributed by atoms with Gasteiger partial charge in [0.15, 0.2) is 0 Å². The van der Waals surface area contributed by atoms with Crippen LogP contribution >= 0.6 is 37.1 Å². The highest BCUT2D eigenvalue weighted by atomic mass is 127. The van der Waals surface area contributed by atoms with E-state index in [0.29, 0.717) is 0 Å². The van der Waals surface area contributed by atoms with Crippen molar-refractivity contribution in [3.63, 3.8) is 0 Å². The van der Waals surface area contributed by atoms with Gasteiger partial charge in [-0.05, 0) is 39.1 Å². The summed E-state index contributed by atoms with van der Waals surface area (Å²) in [5.74, 6) is 0.907. The molecule has 0 radical (unpaired) electrons. The molecule has 16 heavy (non-hydrogen) atoms. The van der Waals surface area contributed by atoms with Crippen molar-refractivity contribution in [2.75, 3.05) is 0 Å². The van der Waals surface area contributed by atoms with Crippen molar-refractivity contribution in [1.82, 2.24) is 0 Å². The van der Waals surface area contributed by atoms with E-state index in [1.165, 1.54) is 5.19 Å². The third kappa shape index (κ3) is 3.08. The second-order valence-electron chi connectivity index (χ2n) is 3.30. The molecule has 0 heterocycles. The SMILES string of the molecule is Br[Si](I)(Oc1ccccc1)c1ccccc1. The molecule has 82 valence electrons. The summed E-state index contributed by atoms with van der Waals surface area (Å²) in [5, 5.41) is 1.22. The lowest BCUT2D eigenvalue weighted by Crippen LogP contribution is -2.41. The third-order valence-corrected chi connectivity index (χ3v) is 7.98. The highest BCUT2D eigenvalue weighted by Gasteiger charge is 2.33. The maximum absolute atomic E-state index is 6.03. The van der Waals surface area contributed by atoms with Crippen LogP contribution < -0.4 is 9.61 Å². The lowest BCUT2D eigenvalue weighted by molar-refractivity contribution is 0.598. The Morgan fingerprint density at radius 3 is 1.94 bits per heavy atom. The smallest absolute Gasteiger partial charge is 0.421 e. The van der Waals surface area contributed by atoms with Crippen LogP contribution in [0.2, 0.25) is 0 Å². The van der Waals surface area contributed by atoms with E-state index in [1.54, 1.807) is 0 Å². The first-order chi connectivity index (χ1) is 7.68. The van der Waals surface area contributed by atoms with Crippen molar-refractivity contribution in [1.29, 1.82) is 0 Å². The van der Waals surface area contributed by atoms with Gasteiger partial charge in [0.05, 0.1) is 0 Å². The summed E-state index contributed by atoms with van der Waals surface area (Å²) in [5.41, 5.74) is 0. The number of rotatable bonds is 3. The van der Waals surface area contributed by atoms with Gasteiger partial charge in [-0.2, -0.15) is 0 Å². The van der Waals surface area contributed by atoms with Crippen molar-refractivity contribution >= 4 is 46.7 Å². The summed E-state index contributed by atoms with van der Waals surface area (Å²) in [6.07, 6.45) is 0. The summed E-state index contributed by atoms with van der Waals surface area (Å²) >= 11 is 6.11. The van der Waals surface area contributed by atoms with Crippen molar-refractivity contribution in [3.05, 3.63) is 60.7 Å². The van der Waals surface area contributed by atoms with Crippen LogP contribution in [0.3, 0.4) is 0 Å². The Kier molecular flexibility index (Phi) is 4.04. The van der Waals surface area contributed by atoms with Crippen molar-refractivity contribution in [3.8, 4) is 5.75 Å². The average molecular weight is 405 g/mol. The average Bonchev–Trinajstić information content (AvgIpc) is 2.31. The Labute approximate surface area is 117 Å². The Hall–Kier alpha value is -0.333. The molecule has 0 bridgehead atoms. The highest BCUT2D eigenvalue weighted by molar-refractivity contribution is 14.1. The first kappa shape index (κ1) is 12.1. The van der Waals surface area contributed by atoms with Gasteiger partial charge in [0.25, 0.3) is 0 Å². The summed E-state index contributed by atoms with van der Waals surface area (Å²) in [4.78, 5) is 0. The molecule has 4 heteroatoms. The largest absolute Gasteiger partial charge is 0.522 e. The zero-order valence-electron chi connectivity index (χ0n) is 8.44. The van der Waals surface area contributed by atoms with Crippen LogP contribution in [0.25, 0.3) is 0 Å². The first-order valence-electron chi connectivity index (χ1n) is 4.86. The molecule has 0 spiro atoms. The van der Waals surface area contributed by atoms with E-state index in [-0.39, 0.29) is 0 Å². The molecule has 1 nitrogen and oxygen atoms in total. The summed E-state index contributed by atoms with van der Waals surface area (Å²) in [6.45, 7) is 0. The van der Waals surface area contributed by atoms with Gasteiger partial charge in [0.1, 0.15) is 5.75 Å². The van der Waals surface area contributed by atoms with Crippen LogP contribution in [0.5, 0.6) is 5.75 Å². The quantitative estimate of drug-likeness (QED) is 0.430. The van der Waals surface area contributed by atoms with Crippen LogP contribution in [-0.2, 0) is 0 Å². The van der Waals surface area contributed by atoms with E-state index in [9.17, 15) is 0 Å². The molecule has 1 unspecified atom stereocenters. The molecular weight excluding hydrogens is 395 g/mol. The molecule has 2 rings (SSSR count). The summed E-state index contributed by atoms with van der Waals surface area (Å²) in [7, 11) is 0. The Morgan fingerprint density at radius 2 is 1.38 bits per heavy atom. The predicted molar refractivity (Wildman–Crippen MR) is 81.8 cm³/mol. The molecule has 0 saturated carbocycles. The molecule has 0 aromatic heterocycles. The lowest BCUT2D eigenvalue weighted by atomic mass is 10.3. The zero-order valence-corrected chi connectivity index (χ0v) is 13.2. The van der Waals surface area contributed by atoms with E-state index in [2.05, 4.69) is 49.2 Å². The van der Waals surface area contributed by atoms with Gasteiger partial charge in [-0.25, -0.2) is 0 Å². The number of halogens is 2. The van der Waals surface area contributed by atoms with Crippen molar-refractivity contribution in [2.24, 2.45) is 0 Å². The second kappa shape index (κ2) is 5.33. The molecule has 0 aliphatic rings. The third-order valence-electron chi connectivity index (χ3n) is 2.10. The number of hydrogen-bond donors (Lipinski definition) is 0. The molecule has 0 aliphatic heterocycles. The fourth-order valence-corrected chi connectivity index (χ4v) is 5.65. The predicted octanol–water partition coefficient (Wildman–Crippen LogP) is 3.74. The van der Waals surface area contributed by atoms with E-state index in [0.717, 1.165) is 5.75 Å². The van der Waals surface area contributed by atoms with Gasteiger partial charge >= 0.3 is 4.43 Å². The van der Waals surface area contributed by atoms with Crippen molar-refractivity contribution < 1.29 is 4.43 Å². The fourth-order valence-electron chi connectivity index (χ4n) is 1.33. The molecule has 2 aromatic rings. The molecule has 0 amide bonds. The van der Waals surface area contributed by atoms with E-state index >= 15 is 0 Å². The Bertz CT molecular complexity index is 447. The van der Waals surface area contributed by atoms with E-state index in [1.807, 2.05) is 48.5 Å². The van der Waals surface area contributed by atoms with Crippen LogP contribution in [0, 0.1) is 0 Å². The van der Waals surface area contributed by atoms with Crippen molar-refractivity contribution in [2.45, 2.75) is 0 Å². The van der Waals surface area contributed by atoms with Crippen LogP contribution in [0.1, 0.15) is 0 Å². The van der Waals surface area contributed by atoms with Gasteiger partial charge in [-0.3, -0.25) is 0 Å². The van der Waals surface area contributed by atoms with Gasteiger partial charge < -0.3 is 4.43 Å². The van der Waals surface area contributed by atoms with E-state index in [4.69, 9.17) is 4.43 Å². The van der Waals surface area contributed by atoms with Gasteiger partial charge in [0, 0.05) is 0 Å². The molecule has 0 aliphatic carbocycles. The Morgan fingerprint density at radius 1 is 0.875 bits per heavy atom. The molecule has 1 atom stereocenters. The number of para-hydroxylation sites is 1. The van der Waals surface area contributed by atoms with Crippen LogP contribution in [0.15, 0.2) is 60.7 Å². The van der Waals surface area contributed by atoms with Gasteiger partial charge in [-0.1, -0.05) is 63.8 Å². The maximum Gasteiger partial charge on any atom is 0.421 e. The second-order valence-corrected chi connectivity index (χ2v) is 17.5. The molecular formula is C12H10BrIOSi. The summed E-state index contributed by atoms with van der Waals surface area (Å²) < 4.78 is 3.99. The number of hydrogen-bond acceptors (Lipinski definition) is 1. The maximum atomic E-state index is 6.03. The molecule has 0 saturated heterocycles. The zero-order chi connectivity index (χ0) is 11.4. The minimum Gasteiger partial charge on any atom is -0.522 e. The molecule has 0 fully saturated rings. The first-order valence-corrected chi connectivity index (χ1v) is 12.1. The highest BCUT2D eigenvalue weighted by Crippen LogP contribution is 2.25. The Balaban J connectivity index is 2.21. The number of benzene rings is 2.